The van der Waals surface area contributed by atoms with Crippen LogP contribution in [0.4, 0.5) is 10.5 Å². The summed E-state index contributed by atoms with van der Waals surface area (Å²) in [5, 5.41) is 2.88. The standard InChI is InChI=1S/C24H30N2O8/c1-29-18-9-14-7-8-26(17(13-22(27)33-5)16(14)12-19(18)30-2)24(28)25-15-10-20(31-3)23(34-6)21(11-15)32-4/h9-12,17H,7-8,13H2,1-6H3,(H,25,28)/t17-/m0/s1. The molecule has 2 aromatic carbocycles. The third-order valence-corrected chi connectivity index (χ3v) is 5.77. The zero-order valence-corrected chi connectivity index (χ0v) is 20.2. The van der Waals surface area contributed by atoms with Crippen molar-refractivity contribution in [2.75, 3.05) is 54.5 Å². The van der Waals surface area contributed by atoms with Crippen molar-refractivity contribution in [3.63, 3.8) is 0 Å². The third-order valence-electron chi connectivity index (χ3n) is 5.77. The second-order valence-electron chi connectivity index (χ2n) is 7.49. The third kappa shape index (κ3) is 4.90. The van der Waals surface area contributed by atoms with Gasteiger partial charge in [0, 0.05) is 18.7 Å². The van der Waals surface area contributed by atoms with E-state index in [4.69, 9.17) is 28.4 Å². The summed E-state index contributed by atoms with van der Waals surface area (Å²) in [6, 6.07) is 6.02. The molecule has 0 aliphatic carbocycles. The number of nitrogens with one attached hydrogen (secondary N) is 1. The summed E-state index contributed by atoms with van der Waals surface area (Å²) in [6.45, 7) is 0.389. The molecule has 0 spiro atoms. The van der Waals surface area contributed by atoms with Crippen molar-refractivity contribution in [1.82, 2.24) is 4.90 Å². The van der Waals surface area contributed by atoms with Crippen LogP contribution in [0.2, 0.25) is 0 Å². The Kier molecular flexibility index (Phi) is 7.93. The number of benzene rings is 2. The summed E-state index contributed by atoms with van der Waals surface area (Å²) >= 11 is 0. The van der Waals surface area contributed by atoms with E-state index in [1.165, 1.54) is 35.5 Å². The first kappa shape index (κ1) is 24.8. The molecule has 3 rings (SSSR count). The number of urea groups is 1. The molecule has 1 heterocycles. The molecular weight excluding hydrogens is 444 g/mol. The maximum atomic E-state index is 13.4. The van der Waals surface area contributed by atoms with Crippen molar-refractivity contribution in [2.24, 2.45) is 0 Å². The number of fused-ring (bicyclic) bond motifs is 1. The topological polar surface area (TPSA) is 105 Å². The van der Waals surface area contributed by atoms with Gasteiger partial charge >= 0.3 is 12.0 Å². The van der Waals surface area contributed by atoms with Gasteiger partial charge in [-0.25, -0.2) is 4.79 Å². The van der Waals surface area contributed by atoms with E-state index in [9.17, 15) is 9.59 Å². The lowest BCUT2D eigenvalue weighted by molar-refractivity contribution is -0.141. The summed E-state index contributed by atoms with van der Waals surface area (Å²) in [6.07, 6.45) is 0.567. The van der Waals surface area contributed by atoms with Crippen LogP contribution in [0.25, 0.3) is 0 Å². The van der Waals surface area contributed by atoms with Gasteiger partial charge in [0.2, 0.25) is 5.75 Å². The molecular formula is C24H30N2O8. The summed E-state index contributed by atoms with van der Waals surface area (Å²) in [7, 11) is 8.93. The molecule has 0 unspecified atom stereocenters. The van der Waals surface area contributed by atoms with E-state index < -0.39 is 12.0 Å². The SMILES string of the molecule is COC(=O)C[C@H]1c2cc(OC)c(OC)cc2CCN1C(=O)Nc1cc(OC)c(OC)c(OC)c1. The second kappa shape index (κ2) is 10.9. The van der Waals surface area contributed by atoms with Gasteiger partial charge < -0.3 is 38.6 Å². The minimum atomic E-state index is -0.557. The van der Waals surface area contributed by atoms with E-state index in [0.29, 0.717) is 47.4 Å². The predicted octanol–water partition coefficient (Wildman–Crippen LogP) is 3.42. The van der Waals surface area contributed by atoms with Crippen LogP contribution in [-0.4, -0.2) is 66.1 Å². The summed E-state index contributed by atoms with van der Waals surface area (Å²) in [5.41, 5.74) is 2.23. The van der Waals surface area contributed by atoms with E-state index in [2.05, 4.69) is 5.32 Å². The number of nitrogens with zero attached hydrogens (tertiary/aromatic N) is 1. The molecule has 2 aromatic rings. The highest BCUT2D eigenvalue weighted by Crippen LogP contribution is 2.42. The molecule has 2 amide bonds. The fraction of sp³-hybridized carbons (Fsp3) is 0.417. The quantitative estimate of drug-likeness (QED) is 0.581. The highest BCUT2D eigenvalue weighted by atomic mass is 16.5. The highest BCUT2D eigenvalue weighted by molar-refractivity contribution is 5.91. The molecule has 0 saturated heterocycles. The number of esters is 1. The zero-order chi connectivity index (χ0) is 24.8. The molecule has 0 bridgehead atoms. The minimum Gasteiger partial charge on any atom is -0.493 e. The van der Waals surface area contributed by atoms with Crippen molar-refractivity contribution >= 4 is 17.7 Å². The van der Waals surface area contributed by atoms with Gasteiger partial charge in [-0.15, -0.1) is 0 Å². The summed E-state index contributed by atoms with van der Waals surface area (Å²) < 4.78 is 31.8. The maximum Gasteiger partial charge on any atom is 0.322 e. The number of amides is 2. The van der Waals surface area contributed by atoms with Crippen molar-refractivity contribution in [3.05, 3.63) is 35.4 Å². The Morgan fingerprint density at radius 2 is 1.44 bits per heavy atom. The Labute approximate surface area is 198 Å². The Bertz CT molecular complexity index is 1030. The Hall–Kier alpha value is -3.82. The van der Waals surface area contributed by atoms with Crippen molar-refractivity contribution in [2.45, 2.75) is 18.9 Å². The smallest absolute Gasteiger partial charge is 0.322 e. The normalized spacial score (nSPS) is 14.5. The van der Waals surface area contributed by atoms with Crippen LogP contribution >= 0.6 is 0 Å². The molecule has 10 nitrogen and oxygen atoms in total. The fourth-order valence-corrected chi connectivity index (χ4v) is 4.08. The van der Waals surface area contributed by atoms with Crippen LogP contribution in [0.1, 0.15) is 23.6 Å². The molecule has 34 heavy (non-hydrogen) atoms. The largest absolute Gasteiger partial charge is 0.493 e. The molecule has 0 saturated carbocycles. The minimum absolute atomic E-state index is 0.0122. The average molecular weight is 475 g/mol. The number of rotatable bonds is 8. The number of ether oxygens (including phenoxy) is 6. The molecule has 1 atom stereocenters. The number of carbonyl (C=O) groups excluding carboxylic acids is 2. The monoisotopic (exact) mass is 474 g/mol. The summed E-state index contributed by atoms with van der Waals surface area (Å²) in [4.78, 5) is 27.2. The number of hydrogen-bond donors (Lipinski definition) is 1. The van der Waals surface area contributed by atoms with Gasteiger partial charge in [-0.05, 0) is 29.7 Å². The van der Waals surface area contributed by atoms with Gasteiger partial charge in [0.15, 0.2) is 23.0 Å². The lowest BCUT2D eigenvalue weighted by Crippen LogP contribution is -2.43. The lowest BCUT2D eigenvalue weighted by Gasteiger charge is -2.37. The molecule has 1 N–H and O–H groups in total. The van der Waals surface area contributed by atoms with E-state index in [-0.39, 0.29) is 12.5 Å². The van der Waals surface area contributed by atoms with E-state index >= 15 is 0 Å². The van der Waals surface area contributed by atoms with Crippen LogP contribution < -0.4 is 29.0 Å². The number of methoxy groups -OCH3 is 6. The Balaban J connectivity index is 1.96. The lowest BCUT2D eigenvalue weighted by atomic mass is 9.90. The van der Waals surface area contributed by atoms with Crippen LogP contribution in [0.5, 0.6) is 28.7 Å². The maximum absolute atomic E-state index is 13.4. The van der Waals surface area contributed by atoms with Gasteiger partial charge in [0.25, 0.3) is 0 Å². The van der Waals surface area contributed by atoms with Gasteiger partial charge in [-0.3, -0.25) is 4.79 Å². The van der Waals surface area contributed by atoms with Gasteiger partial charge in [0.05, 0.1) is 60.8 Å². The van der Waals surface area contributed by atoms with E-state index in [0.717, 1.165) is 11.1 Å². The Morgan fingerprint density at radius 3 is 1.97 bits per heavy atom. The fourth-order valence-electron chi connectivity index (χ4n) is 4.08. The van der Waals surface area contributed by atoms with E-state index in [1.54, 1.807) is 30.2 Å². The number of carbonyl (C=O) groups is 2. The van der Waals surface area contributed by atoms with Gasteiger partial charge in [0.1, 0.15) is 0 Å². The predicted molar refractivity (Wildman–Crippen MR) is 124 cm³/mol. The molecule has 0 aromatic heterocycles. The molecule has 1 aliphatic rings. The van der Waals surface area contributed by atoms with Crippen LogP contribution in [0, 0.1) is 0 Å². The van der Waals surface area contributed by atoms with Gasteiger partial charge in [-0.2, -0.15) is 0 Å². The second-order valence-corrected chi connectivity index (χ2v) is 7.49. The van der Waals surface area contributed by atoms with Crippen LogP contribution in [-0.2, 0) is 16.0 Å². The number of hydrogen-bond acceptors (Lipinski definition) is 8. The highest BCUT2D eigenvalue weighted by Gasteiger charge is 2.34. The molecule has 184 valence electrons. The number of anilines is 1. The van der Waals surface area contributed by atoms with E-state index in [1.807, 2.05) is 6.07 Å². The first-order chi connectivity index (χ1) is 16.4. The zero-order valence-electron chi connectivity index (χ0n) is 20.2. The molecule has 1 aliphatic heterocycles. The van der Waals surface area contributed by atoms with Crippen molar-refractivity contribution in [3.8, 4) is 28.7 Å². The molecule has 10 heteroatoms. The van der Waals surface area contributed by atoms with Crippen molar-refractivity contribution in [1.29, 1.82) is 0 Å². The molecule has 0 fully saturated rings. The average Bonchev–Trinajstić information content (AvgIpc) is 2.86. The Morgan fingerprint density at radius 1 is 0.853 bits per heavy atom. The van der Waals surface area contributed by atoms with Crippen LogP contribution in [0.15, 0.2) is 24.3 Å². The van der Waals surface area contributed by atoms with Gasteiger partial charge in [-0.1, -0.05) is 0 Å². The summed E-state index contributed by atoms with van der Waals surface area (Å²) in [5.74, 6) is 1.90. The van der Waals surface area contributed by atoms with Crippen molar-refractivity contribution < 1.29 is 38.0 Å². The first-order valence-corrected chi connectivity index (χ1v) is 10.6. The molecule has 0 radical (unpaired) electrons. The van der Waals surface area contributed by atoms with Crippen LogP contribution in [0.3, 0.4) is 0 Å². The first-order valence-electron chi connectivity index (χ1n) is 10.6.